The Morgan fingerprint density at radius 1 is 1.15 bits per heavy atom. The first-order valence-corrected chi connectivity index (χ1v) is 14.3. The van der Waals surface area contributed by atoms with Gasteiger partial charge in [0.05, 0.1) is 11.7 Å². The molecule has 0 spiro atoms. The first-order chi connectivity index (χ1) is 18.9. The van der Waals surface area contributed by atoms with Crippen LogP contribution in [0.15, 0.2) is 48.5 Å². The van der Waals surface area contributed by atoms with Crippen molar-refractivity contribution >= 4 is 5.91 Å². The van der Waals surface area contributed by atoms with Crippen LogP contribution in [0.2, 0.25) is 0 Å². The van der Waals surface area contributed by atoms with Gasteiger partial charge in [0.15, 0.2) is 0 Å². The third-order valence-corrected chi connectivity index (χ3v) is 8.00. The number of likely N-dealkylation sites (N-methyl/N-ethyl adjacent to an activating group) is 1. The number of nitrogens with one attached hydrogen (secondary N) is 1. The predicted octanol–water partition coefficient (Wildman–Crippen LogP) is 5.37. The molecule has 4 rings (SSSR count). The molecule has 1 aliphatic carbocycles. The van der Waals surface area contributed by atoms with Gasteiger partial charge in [0.1, 0.15) is 24.0 Å². The first-order valence-electron chi connectivity index (χ1n) is 14.3. The molecule has 0 unspecified atom stereocenters. The lowest BCUT2D eigenvalue weighted by Crippen LogP contribution is -2.44. The van der Waals surface area contributed by atoms with Crippen LogP contribution in [0, 0.1) is 11.7 Å². The van der Waals surface area contributed by atoms with Crippen LogP contribution in [0.3, 0.4) is 0 Å². The zero-order chi connectivity index (χ0) is 27.7. The summed E-state index contributed by atoms with van der Waals surface area (Å²) in [6.45, 7) is 4.34. The molecule has 1 heterocycles. The van der Waals surface area contributed by atoms with Crippen molar-refractivity contribution in [3.8, 4) is 11.5 Å². The molecule has 39 heavy (non-hydrogen) atoms. The molecular weight excluding hydrogens is 499 g/mol. The fourth-order valence-electron chi connectivity index (χ4n) is 5.89. The molecule has 7 nitrogen and oxygen atoms in total. The third kappa shape index (κ3) is 7.78. The molecule has 2 aromatic rings. The lowest BCUT2D eigenvalue weighted by Gasteiger charge is -2.40. The van der Waals surface area contributed by atoms with Gasteiger partial charge in [0.2, 0.25) is 5.91 Å². The van der Waals surface area contributed by atoms with Crippen LogP contribution in [0.5, 0.6) is 11.5 Å². The average molecular weight is 543 g/mol. The van der Waals surface area contributed by atoms with Crippen LogP contribution < -0.4 is 10.1 Å². The monoisotopic (exact) mass is 542 g/mol. The largest absolute Gasteiger partial charge is 0.457 e. The minimum absolute atomic E-state index is 0.0386. The summed E-state index contributed by atoms with van der Waals surface area (Å²) >= 11 is 0. The average Bonchev–Trinajstić information content (AvgIpc) is 3.29. The number of hydrogen-bond acceptors (Lipinski definition) is 6. The van der Waals surface area contributed by atoms with Gasteiger partial charge in [-0.3, -0.25) is 4.79 Å². The molecular formula is C31H43FN2O5. The number of halogens is 1. The van der Waals surface area contributed by atoms with Crippen molar-refractivity contribution in [2.45, 2.75) is 76.0 Å². The summed E-state index contributed by atoms with van der Waals surface area (Å²) in [6.07, 6.45) is 5.92. The van der Waals surface area contributed by atoms with E-state index in [2.05, 4.69) is 11.4 Å². The van der Waals surface area contributed by atoms with E-state index in [-0.39, 0.29) is 30.4 Å². The van der Waals surface area contributed by atoms with Crippen LogP contribution in [-0.4, -0.2) is 61.6 Å². The highest BCUT2D eigenvalue weighted by Crippen LogP contribution is 2.40. The number of amides is 1. The van der Waals surface area contributed by atoms with E-state index < -0.39 is 11.7 Å². The molecule has 2 fully saturated rings. The number of carbonyl (C=O) groups is 1. The Balaban J connectivity index is 1.52. The first kappa shape index (κ1) is 29.5. The molecule has 1 amide bonds. The third-order valence-electron chi connectivity index (χ3n) is 8.00. The molecule has 0 aromatic heterocycles. The number of methoxy groups -OCH3 is 1. The van der Waals surface area contributed by atoms with Crippen molar-refractivity contribution < 1.29 is 28.5 Å². The Hall–Kier alpha value is -2.52. The lowest BCUT2D eigenvalue weighted by molar-refractivity contribution is -0.157. The summed E-state index contributed by atoms with van der Waals surface area (Å²) in [4.78, 5) is 15.4. The predicted molar refractivity (Wildman–Crippen MR) is 148 cm³/mol. The van der Waals surface area contributed by atoms with Crippen molar-refractivity contribution in [2.24, 2.45) is 5.92 Å². The highest BCUT2D eigenvalue weighted by molar-refractivity contribution is 5.79. The van der Waals surface area contributed by atoms with E-state index in [0.29, 0.717) is 37.5 Å². The smallest absolute Gasteiger partial charge is 0.227 e. The van der Waals surface area contributed by atoms with Crippen LogP contribution in [0.25, 0.3) is 0 Å². The maximum absolute atomic E-state index is 13.5. The number of unbranched alkanes of at least 4 members (excludes halogenated alkanes) is 1. The van der Waals surface area contributed by atoms with Gasteiger partial charge < -0.3 is 29.5 Å². The molecule has 4 atom stereocenters. The highest BCUT2D eigenvalue weighted by atomic mass is 19.1. The second-order valence-corrected chi connectivity index (χ2v) is 10.8. The van der Waals surface area contributed by atoms with Crippen molar-refractivity contribution in [3.63, 3.8) is 0 Å². The number of nitrogens with zero attached hydrogens (tertiary/aromatic N) is 1. The van der Waals surface area contributed by atoms with Gasteiger partial charge in [0, 0.05) is 32.2 Å². The standard InChI is InChI=1S/C31H43FN2O5/c1-3-33-28-19-23(20-29(28)35)30(36)34-17-6-4-15-31(38-22-34,16-5-7-18-37-2)24-9-8-10-27(21-24)39-26-13-11-25(32)12-14-26/h8-14,21,23,28-29,33,35H,3-7,15-20,22H2,1-2H3/t23-,28+,29-,31+/m0/s1. The zero-order valence-electron chi connectivity index (χ0n) is 23.2. The summed E-state index contributed by atoms with van der Waals surface area (Å²) in [5.74, 6) is 0.780. The summed E-state index contributed by atoms with van der Waals surface area (Å²) in [6, 6.07) is 13.8. The van der Waals surface area contributed by atoms with Crippen molar-refractivity contribution in [2.75, 3.05) is 33.5 Å². The quantitative estimate of drug-likeness (QED) is 0.372. The van der Waals surface area contributed by atoms with Crippen molar-refractivity contribution in [1.29, 1.82) is 0 Å². The van der Waals surface area contributed by atoms with Crippen molar-refractivity contribution in [1.82, 2.24) is 10.2 Å². The highest BCUT2D eigenvalue weighted by Gasteiger charge is 2.40. The molecule has 1 aliphatic heterocycles. The molecule has 2 aromatic carbocycles. The van der Waals surface area contributed by atoms with Crippen LogP contribution >= 0.6 is 0 Å². The van der Waals surface area contributed by atoms with Gasteiger partial charge in [-0.15, -0.1) is 0 Å². The Labute approximate surface area is 231 Å². The van der Waals surface area contributed by atoms with E-state index in [9.17, 15) is 14.3 Å². The van der Waals surface area contributed by atoms with Crippen LogP contribution in [0.4, 0.5) is 4.39 Å². The van der Waals surface area contributed by atoms with Gasteiger partial charge in [-0.05, 0) is 99.9 Å². The van der Waals surface area contributed by atoms with Gasteiger partial charge in [-0.1, -0.05) is 19.1 Å². The fraction of sp³-hybridized carbons (Fsp3) is 0.581. The van der Waals surface area contributed by atoms with E-state index in [0.717, 1.165) is 50.6 Å². The summed E-state index contributed by atoms with van der Waals surface area (Å²) in [5.41, 5.74) is 0.438. The summed E-state index contributed by atoms with van der Waals surface area (Å²) in [5, 5.41) is 13.8. The maximum atomic E-state index is 13.5. The summed E-state index contributed by atoms with van der Waals surface area (Å²) < 4.78 is 31.4. The number of rotatable bonds is 11. The van der Waals surface area contributed by atoms with Gasteiger partial charge in [0.25, 0.3) is 0 Å². The maximum Gasteiger partial charge on any atom is 0.227 e. The molecule has 2 aliphatic rings. The Bertz CT molecular complexity index is 1050. The van der Waals surface area contributed by atoms with E-state index in [1.807, 2.05) is 30.0 Å². The minimum atomic E-state index is -0.573. The van der Waals surface area contributed by atoms with Crippen LogP contribution in [-0.2, 0) is 19.9 Å². The lowest BCUT2D eigenvalue weighted by atomic mass is 9.83. The molecule has 0 bridgehead atoms. The Morgan fingerprint density at radius 2 is 1.97 bits per heavy atom. The molecule has 2 N–H and O–H groups in total. The molecule has 1 saturated heterocycles. The second-order valence-electron chi connectivity index (χ2n) is 10.8. The van der Waals surface area contributed by atoms with Crippen LogP contribution in [0.1, 0.15) is 63.9 Å². The Morgan fingerprint density at radius 3 is 2.74 bits per heavy atom. The zero-order valence-corrected chi connectivity index (χ0v) is 23.2. The number of benzene rings is 2. The number of hydrogen-bond donors (Lipinski definition) is 2. The normalized spacial score (nSPS) is 25.7. The van der Waals surface area contributed by atoms with Crippen molar-refractivity contribution in [3.05, 3.63) is 59.9 Å². The SMILES string of the molecule is CCN[C@@H]1C[C@H](C(=O)N2CCCC[C@@](CCCCOC)(c3cccc(Oc4ccc(F)cc4)c3)OC2)C[C@@H]1O. The topological polar surface area (TPSA) is 80.3 Å². The number of aliphatic hydroxyl groups is 1. The molecule has 0 radical (unpaired) electrons. The Kier molecular flexibility index (Phi) is 10.7. The van der Waals surface area contributed by atoms with Gasteiger partial charge >= 0.3 is 0 Å². The van der Waals surface area contributed by atoms with E-state index in [4.69, 9.17) is 14.2 Å². The molecule has 1 saturated carbocycles. The fourth-order valence-corrected chi connectivity index (χ4v) is 5.89. The molecule has 8 heteroatoms. The van der Waals surface area contributed by atoms with Gasteiger partial charge in [-0.2, -0.15) is 0 Å². The summed E-state index contributed by atoms with van der Waals surface area (Å²) in [7, 11) is 1.71. The number of carbonyl (C=O) groups excluding carboxylic acids is 1. The van der Waals surface area contributed by atoms with E-state index in [1.165, 1.54) is 12.1 Å². The van der Waals surface area contributed by atoms with Gasteiger partial charge in [-0.25, -0.2) is 4.39 Å². The number of aliphatic hydroxyl groups excluding tert-OH is 1. The van der Waals surface area contributed by atoms with E-state index in [1.54, 1.807) is 19.2 Å². The van der Waals surface area contributed by atoms with E-state index >= 15 is 0 Å². The second kappa shape index (κ2) is 14.2. The molecule has 214 valence electrons. The minimum Gasteiger partial charge on any atom is -0.457 e. The number of ether oxygens (including phenoxy) is 3.